The Balaban J connectivity index is 0.00000456. The molecule has 2 aromatic carbocycles. The largest absolute Gasteiger partial charge is 0.495 e. The van der Waals surface area contributed by atoms with Crippen LogP contribution in [0.2, 0.25) is 0 Å². The number of carboxylic acid groups (broad SMARTS) is 1. The van der Waals surface area contributed by atoms with E-state index in [0.717, 1.165) is 0 Å². The molecule has 12 heteroatoms. The van der Waals surface area contributed by atoms with E-state index in [1.165, 1.54) is 34.7 Å². The van der Waals surface area contributed by atoms with Gasteiger partial charge in [0.1, 0.15) is 17.7 Å². The topological polar surface area (TPSA) is 155 Å². The average molecular weight is 522 g/mol. The first-order chi connectivity index (χ1) is 16.8. The van der Waals surface area contributed by atoms with Gasteiger partial charge < -0.3 is 39.6 Å². The number of aliphatic carboxylic acids is 1. The van der Waals surface area contributed by atoms with Crippen LogP contribution in [-0.4, -0.2) is 56.6 Å². The van der Waals surface area contributed by atoms with Crippen LogP contribution in [0.5, 0.6) is 23.0 Å². The van der Waals surface area contributed by atoms with E-state index in [4.69, 9.17) is 34.3 Å². The van der Waals surface area contributed by atoms with E-state index in [-0.39, 0.29) is 25.2 Å². The monoisotopic (exact) mass is 521 g/mol. The highest BCUT2D eigenvalue weighted by Crippen LogP contribution is 2.43. The van der Waals surface area contributed by atoms with E-state index >= 15 is 0 Å². The first-order valence-corrected chi connectivity index (χ1v) is 10.5. The number of hydrogen-bond acceptors (Lipinski definition) is 9. The predicted octanol–water partition coefficient (Wildman–Crippen LogP) is 3.60. The predicted molar refractivity (Wildman–Crippen MR) is 134 cm³/mol. The Labute approximate surface area is 213 Å². The van der Waals surface area contributed by atoms with Gasteiger partial charge >= 0.3 is 5.97 Å². The zero-order valence-electron chi connectivity index (χ0n) is 20.2. The van der Waals surface area contributed by atoms with Gasteiger partial charge in [0.15, 0.2) is 11.5 Å². The molecule has 0 bridgehead atoms. The van der Waals surface area contributed by atoms with Crippen LogP contribution in [0.4, 0.5) is 5.69 Å². The summed E-state index contributed by atoms with van der Waals surface area (Å²) in [5, 5.41) is 15.7. The lowest BCUT2D eigenvalue weighted by atomic mass is 10.00. The summed E-state index contributed by atoms with van der Waals surface area (Å²) in [5.41, 5.74) is 8.66. The number of nitrogens with two attached hydrogens (primary N) is 1. The van der Waals surface area contributed by atoms with Crippen LogP contribution >= 0.6 is 12.4 Å². The lowest BCUT2D eigenvalue weighted by Crippen LogP contribution is -2.36. The van der Waals surface area contributed by atoms with Gasteiger partial charge in [-0.15, -0.1) is 12.4 Å². The van der Waals surface area contributed by atoms with E-state index in [9.17, 15) is 9.59 Å². The Morgan fingerprint density at radius 1 is 1.00 bits per heavy atom. The van der Waals surface area contributed by atoms with Crippen molar-refractivity contribution in [1.29, 1.82) is 0 Å². The molecule has 0 aliphatic heterocycles. The van der Waals surface area contributed by atoms with Gasteiger partial charge in [-0.3, -0.25) is 9.59 Å². The molecule has 0 saturated heterocycles. The summed E-state index contributed by atoms with van der Waals surface area (Å²) in [6, 6.07) is 7.65. The van der Waals surface area contributed by atoms with Crippen LogP contribution in [0.3, 0.4) is 0 Å². The fourth-order valence-electron chi connectivity index (χ4n) is 3.48. The number of anilines is 1. The number of nitrogens with zero attached hydrogens (tertiary/aromatic N) is 1. The lowest BCUT2D eigenvalue weighted by molar-refractivity contribution is -0.137. The Morgan fingerprint density at radius 3 is 2.19 bits per heavy atom. The summed E-state index contributed by atoms with van der Waals surface area (Å²) < 4.78 is 26.9. The zero-order valence-corrected chi connectivity index (χ0v) is 21.0. The Morgan fingerprint density at radius 2 is 1.64 bits per heavy atom. The quantitative estimate of drug-likeness (QED) is 0.340. The smallest absolute Gasteiger partial charge is 0.303 e. The van der Waals surface area contributed by atoms with Crippen LogP contribution in [0.15, 0.2) is 41.1 Å². The van der Waals surface area contributed by atoms with Crippen molar-refractivity contribution in [3.05, 3.63) is 36.6 Å². The van der Waals surface area contributed by atoms with Gasteiger partial charge in [-0.25, -0.2) is 0 Å². The number of methoxy groups -OCH3 is 4. The van der Waals surface area contributed by atoms with Crippen molar-refractivity contribution in [2.75, 3.05) is 33.8 Å². The van der Waals surface area contributed by atoms with Crippen molar-refractivity contribution in [1.82, 2.24) is 5.16 Å². The second-order valence-corrected chi connectivity index (χ2v) is 7.43. The Kier molecular flexibility index (Phi) is 9.94. The van der Waals surface area contributed by atoms with Gasteiger partial charge in [0.05, 0.1) is 40.2 Å². The van der Waals surface area contributed by atoms with E-state index in [2.05, 4.69) is 10.5 Å². The summed E-state index contributed by atoms with van der Waals surface area (Å²) in [6.07, 6.45) is 1.26. The first kappa shape index (κ1) is 28.3. The number of aromatic nitrogens is 1. The number of halogens is 1. The first-order valence-electron chi connectivity index (χ1n) is 10.5. The molecular formula is C24H28ClN3O8. The molecule has 1 heterocycles. The molecule has 1 amide bonds. The van der Waals surface area contributed by atoms with Crippen molar-refractivity contribution in [3.63, 3.8) is 0 Å². The maximum Gasteiger partial charge on any atom is 0.303 e. The summed E-state index contributed by atoms with van der Waals surface area (Å²) >= 11 is 0. The number of carbonyl (C=O) groups excluding carboxylic acids is 1. The molecule has 0 aliphatic rings. The number of amides is 1. The molecule has 0 saturated carbocycles. The van der Waals surface area contributed by atoms with Crippen molar-refractivity contribution in [2.24, 2.45) is 5.73 Å². The highest BCUT2D eigenvalue weighted by molar-refractivity contribution is 5.97. The third-order valence-corrected chi connectivity index (χ3v) is 5.28. The maximum atomic E-state index is 12.5. The zero-order chi connectivity index (χ0) is 25.5. The third-order valence-electron chi connectivity index (χ3n) is 5.28. The van der Waals surface area contributed by atoms with Crippen LogP contribution in [0, 0.1) is 0 Å². The van der Waals surface area contributed by atoms with E-state index in [0.29, 0.717) is 51.1 Å². The standard InChI is InChI=1S/C24H27N3O8.ClH/c1-31-18-7-5-13(9-17(18)26-24(30)16(25)6-8-21(28)29)15-12-35-27-22(15)14-10-19(32-2)23(34-4)20(11-14)33-3;/h5,7,9-12,16H,6,8,25H2,1-4H3,(H,26,30)(H,28,29);1H. The molecule has 1 atom stereocenters. The molecule has 0 radical (unpaired) electrons. The van der Waals surface area contributed by atoms with Gasteiger partial charge in [-0.05, 0) is 36.2 Å². The number of ether oxygens (including phenoxy) is 4. The van der Waals surface area contributed by atoms with Crippen LogP contribution in [-0.2, 0) is 9.59 Å². The highest BCUT2D eigenvalue weighted by atomic mass is 35.5. The van der Waals surface area contributed by atoms with Gasteiger partial charge in [0, 0.05) is 17.5 Å². The Bertz CT molecular complexity index is 1190. The van der Waals surface area contributed by atoms with E-state index in [1.807, 2.05) is 0 Å². The molecule has 1 unspecified atom stereocenters. The third kappa shape index (κ3) is 6.18. The van der Waals surface area contributed by atoms with Crippen LogP contribution < -0.4 is 30.0 Å². The molecule has 0 fully saturated rings. The average Bonchev–Trinajstić information content (AvgIpc) is 3.36. The second-order valence-electron chi connectivity index (χ2n) is 7.43. The van der Waals surface area contributed by atoms with Crippen molar-refractivity contribution in [2.45, 2.75) is 18.9 Å². The van der Waals surface area contributed by atoms with E-state index in [1.54, 1.807) is 30.3 Å². The van der Waals surface area contributed by atoms with Gasteiger partial charge in [-0.1, -0.05) is 11.2 Å². The Hall–Kier alpha value is -3.96. The van der Waals surface area contributed by atoms with E-state index < -0.39 is 17.9 Å². The second kappa shape index (κ2) is 12.7. The molecule has 3 rings (SSSR count). The minimum absolute atomic E-state index is 0. The fourth-order valence-corrected chi connectivity index (χ4v) is 3.48. The number of benzene rings is 2. The van der Waals surface area contributed by atoms with Crippen molar-refractivity contribution < 1.29 is 38.2 Å². The minimum atomic E-state index is -1.03. The molecule has 36 heavy (non-hydrogen) atoms. The fraction of sp³-hybridized carbons (Fsp3) is 0.292. The van der Waals surface area contributed by atoms with Gasteiger partial charge in [0.25, 0.3) is 0 Å². The number of hydrogen-bond donors (Lipinski definition) is 3. The highest BCUT2D eigenvalue weighted by Gasteiger charge is 2.21. The molecule has 4 N–H and O–H groups in total. The minimum Gasteiger partial charge on any atom is -0.495 e. The molecule has 3 aromatic rings. The molecule has 0 spiro atoms. The SMILES string of the molecule is COc1ccc(-c2conc2-c2cc(OC)c(OC)c(OC)c2)cc1NC(=O)C(N)CCC(=O)O.Cl. The summed E-state index contributed by atoms with van der Waals surface area (Å²) in [5.74, 6) is 0.190. The summed E-state index contributed by atoms with van der Waals surface area (Å²) in [6.45, 7) is 0. The molecule has 0 aliphatic carbocycles. The van der Waals surface area contributed by atoms with Crippen molar-refractivity contribution >= 4 is 30.0 Å². The normalized spacial score (nSPS) is 11.1. The van der Waals surface area contributed by atoms with Crippen LogP contribution in [0.1, 0.15) is 12.8 Å². The molecule has 194 valence electrons. The number of nitrogens with one attached hydrogen (secondary N) is 1. The number of carboxylic acids is 1. The van der Waals surface area contributed by atoms with Crippen molar-refractivity contribution in [3.8, 4) is 45.4 Å². The molecule has 11 nitrogen and oxygen atoms in total. The van der Waals surface area contributed by atoms with Crippen LogP contribution in [0.25, 0.3) is 22.4 Å². The summed E-state index contributed by atoms with van der Waals surface area (Å²) in [7, 11) is 6.02. The maximum absolute atomic E-state index is 12.5. The van der Waals surface area contributed by atoms with Gasteiger partial charge in [0.2, 0.25) is 11.7 Å². The number of rotatable bonds is 11. The summed E-state index contributed by atoms with van der Waals surface area (Å²) in [4.78, 5) is 23.3. The lowest BCUT2D eigenvalue weighted by Gasteiger charge is -2.15. The molecular weight excluding hydrogens is 494 g/mol. The molecule has 1 aromatic heterocycles. The van der Waals surface area contributed by atoms with Gasteiger partial charge in [-0.2, -0.15) is 0 Å². The number of carbonyl (C=O) groups is 2.